The molecule has 0 aliphatic heterocycles. The molecule has 0 spiro atoms. The Balaban J connectivity index is 1.73. The van der Waals surface area contributed by atoms with E-state index in [0.29, 0.717) is 0 Å². The maximum Gasteiger partial charge on any atom is 0.407 e. The highest BCUT2D eigenvalue weighted by Gasteiger charge is 2.29. The van der Waals surface area contributed by atoms with E-state index in [0.717, 1.165) is 48.4 Å². The Morgan fingerprint density at radius 1 is 1.36 bits per heavy atom. The molecule has 0 unspecified atom stereocenters. The number of aryl methyl sites for hydroxylation is 1. The van der Waals surface area contributed by atoms with Gasteiger partial charge in [0, 0.05) is 18.2 Å². The number of ether oxygens (including phenoxy) is 1. The Morgan fingerprint density at radius 2 is 2.12 bits per heavy atom. The van der Waals surface area contributed by atoms with Crippen LogP contribution in [0.5, 0.6) is 0 Å². The highest BCUT2D eigenvalue weighted by Crippen LogP contribution is 2.32. The number of alkyl carbamates (subject to hydrolysis) is 1. The number of aromatic nitrogens is 3. The SMILES string of the molecule is Cc1cc2nnc([C@H]3CCC[C@@H](NC(=O)OC(C)(C)C)C3)n2cc1N. The first-order chi connectivity index (χ1) is 11.7. The minimum atomic E-state index is -0.489. The monoisotopic (exact) mass is 345 g/mol. The van der Waals surface area contributed by atoms with Crippen LogP contribution >= 0.6 is 0 Å². The highest BCUT2D eigenvalue weighted by molar-refractivity contribution is 5.68. The van der Waals surface area contributed by atoms with Gasteiger partial charge in [0.25, 0.3) is 0 Å². The number of amides is 1. The van der Waals surface area contributed by atoms with E-state index in [1.54, 1.807) is 0 Å². The summed E-state index contributed by atoms with van der Waals surface area (Å²) >= 11 is 0. The van der Waals surface area contributed by atoms with Crippen molar-refractivity contribution in [2.24, 2.45) is 0 Å². The zero-order valence-electron chi connectivity index (χ0n) is 15.4. The maximum atomic E-state index is 12.0. The van der Waals surface area contributed by atoms with Gasteiger partial charge in [-0.25, -0.2) is 4.79 Å². The Bertz CT molecular complexity index is 778. The molecular formula is C18H27N5O2. The molecule has 2 aromatic heterocycles. The Kier molecular flexibility index (Phi) is 4.58. The lowest BCUT2D eigenvalue weighted by Crippen LogP contribution is -2.41. The van der Waals surface area contributed by atoms with E-state index in [2.05, 4.69) is 15.5 Å². The molecule has 0 aromatic carbocycles. The van der Waals surface area contributed by atoms with Gasteiger partial charge in [0.1, 0.15) is 11.4 Å². The van der Waals surface area contributed by atoms with Gasteiger partial charge in [-0.05, 0) is 58.6 Å². The molecule has 1 amide bonds. The summed E-state index contributed by atoms with van der Waals surface area (Å²) in [5.41, 5.74) is 8.09. The van der Waals surface area contributed by atoms with Gasteiger partial charge < -0.3 is 15.8 Å². The average molecular weight is 345 g/mol. The summed E-state index contributed by atoms with van der Waals surface area (Å²) in [6.07, 6.45) is 5.37. The van der Waals surface area contributed by atoms with Crippen molar-refractivity contribution in [3.63, 3.8) is 0 Å². The summed E-state index contributed by atoms with van der Waals surface area (Å²) in [4.78, 5) is 12.0. The van der Waals surface area contributed by atoms with Crippen LogP contribution in [0.1, 0.15) is 63.8 Å². The van der Waals surface area contributed by atoms with E-state index in [4.69, 9.17) is 10.5 Å². The number of pyridine rings is 1. The quantitative estimate of drug-likeness (QED) is 0.872. The maximum absolute atomic E-state index is 12.0. The van der Waals surface area contributed by atoms with E-state index in [1.807, 2.05) is 44.4 Å². The number of carbonyl (C=O) groups excluding carboxylic acids is 1. The highest BCUT2D eigenvalue weighted by atomic mass is 16.6. The normalized spacial score (nSPS) is 21.3. The van der Waals surface area contributed by atoms with E-state index in [-0.39, 0.29) is 18.1 Å². The fourth-order valence-corrected chi connectivity index (χ4v) is 3.37. The second-order valence-corrected chi connectivity index (χ2v) is 7.90. The van der Waals surface area contributed by atoms with Crippen LogP contribution in [0.4, 0.5) is 10.5 Å². The molecule has 25 heavy (non-hydrogen) atoms. The Labute approximate surface area is 147 Å². The third-order valence-corrected chi connectivity index (χ3v) is 4.58. The lowest BCUT2D eigenvalue weighted by molar-refractivity contribution is 0.0490. The predicted molar refractivity (Wildman–Crippen MR) is 96.5 cm³/mol. The van der Waals surface area contributed by atoms with E-state index in [9.17, 15) is 4.79 Å². The summed E-state index contributed by atoms with van der Waals surface area (Å²) in [5, 5.41) is 11.7. The lowest BCUT2D eigenvalue weighted by Gasteiger charge is -2.30. The standard InChI is InChI=1S/C18H27N5O2/c1-11-8-15-21-22-16(23(15)10-14(11)19)12-6-5-7-13(9-12)20-17(24)25-18(2,3)4/h8,10,12-13H,5-7,9,19H2,1-4H3,(H,20,24)/t12-,13+/m0/s1. The summed E-state index contributed by atoms with van der Waals surface area (Å²) in [5.74, 6) is 1.16. The largest absolute Gasteiger partial charge is 0.444 e. The first kappa shape index (κ1) is 17.5. The minimum Gasteiger partial charge on any atom is -0.444 e. The molecule has 7 nitrogen and oxygen atoms in total. The molecule has 3 N–H and O–H groups in total. The molecule has 0 radical (unpaired) electrons. The molecule has 1 fully saturated rings. The Hall–Kier alpha value is -2.31. The average Bonchev–Trinajstić information content (AvgIpc) is 2.88. The number of rotatable bonds is 2. The van der Waals surface area contributed by atoms with Gasteiger partial charge in [-0.2, -0.15) is 0 Å². The van der Waals surface area contributed by atoms with Gasteiger partial charge in [0.15, 0.2) is 5.65 Å². The predicted octanol–water partition coefficient (Wildman–Crippen LogP) is 3.17. The van der Waals surface area contributed by atoms with E-state index in [1.165, 1.54) is 0 Å². The lowest BCUT2D eigenvalue weighted by atomic mass is 9.85. The first-order valence-corrected chi connectivity index (χ1v) is 8.83. The van der Waals surface area contributed by atoms with Gasteiger partial charge >= 0.3 is 6.09 Å². The number of nitrogen functional groups attached to an aromatic ring is 1. The topological polar surface area (TPSA) is 94.5 Å². The third kappa shape index (κ3) is 4.03. The zero-order valence-corrected chi connectivity index (χ0v) is 15.4. The molecule has 0 bridgehead atoms. The number of anilines is 1. The van der Waals surface area contributed by atoms with E-state index < -0.39 is 5.60 Å². The molecule has 0 saturated heterocycles. The van der Waals surface area contributed by atoms with Gasteiger partial charge in [-0.1, -0.05) is 6.42 Å². The first-order valence-electron chi connectivity index (χ1n) is 8.83. The number of nitrogens with two attached hydrogens (primary N) is 1. The molecule has 2 heterocycles. The van der Waals surface area contributed by atoms with Crippen LogP contribution in [0.3, 0.4) is 0 Å². The van der Waals surface area contributed by atoms with Crippen molar-refractivity contribution in [1.82, 2.24) is 19.9 Å². The van der Waals surface area contributed by atoms with E-state index >= 15 is 0 Å². The zero-order chi connectivity index (χ0) is 18.2. The van der Waals surface area contributed by atoms with Crippen molar-refractivity contribution < 1.29 is 9.53 Å². The van der Waals surface area contributed by atoms with Crippen LogP contribution in [0.2, 0.25) is 0 Å². The van der Waals surface area contributed by atoms with Crippen molar-refractivity contribution in [1.29, 1.82) is 0 Å². The molecule has 2 atom stereocenters. The summed E-state index contributed by atoms with van der Waals surface area (Å²) in [7, 11) is 0. The van der Waals surface area contributed by atoms with Gasteiger partial charge in [0.2, 0.25) is 0 Å². The fourth-order valence-electron chi connectivity index (χ4n) is 3.37. The number of nitrogens with one attached hydrogen (secondary N) is 1. The molecule has 1 aliphatic carbocycles. The molecule has 1 saturated carbocycles. The molecule has 2 aromatic rings. The smallest absolute Gasteiger partial charge is 0.407 e. The summed E-state index contributed by atoms with van der Waals surface area (Å²) in [6.45, 7) is 7.56. The van der Waals surface area contributed by atoms with Crippen molar-refractivity contribution in [2.45, 2.75) is 70.9 Å². The molecule has 136 valence electrons. The molecule has 3 rings (SSSR count). The number of nitrogens with zero attached hydrogens (tertiary/aromatic N) is 3. The Morgan fingerprint density at radius 3 is 2.84 bits per heavy atom. The fraction of sp³-hybridized carbons (Fsp3) is 0.611. The third-order valence-electron chi connectivity index (χ3n) is 4.58. The number of carbonyl (C=O) groups is 1. The van der Waals surface area contributed by atoms with Crippen LogP contribution in [0.15, 0.2) is 12.3 Å². The van der Waals surface area contributed by atoms with Crippen LogP contribution in [0, 0.1) is 6.92 Å². The van der Waals surface area contributed by atoms with Gasteiger partial charge in [-0.3, -0.25) is 4.40 Å². The van der Waals surface area contributed by atoms with Crippen LogP contribution in [-0.4, -0.2) is 32.3 Å². The van der Waals surface area contributed by atoms with Crippen molar-refractivity contribution in [3.8, 4) is 0 Å². The number of hydrogen-bond donors (Lipinski definition) is 2. The summed E-state index contributed by atoms with van der Waals surface area (Å²) in [6, 6.07) is 2.04. The second kappa shape index (κ2) is 6.54. The van der Waals surface area contributed by atoms with Crippen molar-refractivity contribution in [3.05, 3.63) is 23.7 Å². The number of hydrogen-bond acceptors (Lipinski definition) is 5. The van der Waals surface area contributed by atoms with Crippen molar-refractivity contribution in [2.75, 3.05) is 5.73 Å². The van der Waals surface area contributed by atoms with Gasteiger partial charge in [-0.15, -0.1) is 10.2 Å². The minimum absolute atomic E-state index is 0.0868. The number of fused-ring (bicyclic) bond motifs is 1. The van der Waals surface area contributed by atoms with Crippen LogP contribution < -0.4 is 11.1 Å². The molecular weight excluding hydrogens is 318 g/mol. The van der Waals surface area contributed by atoms with Crippen LogP contribution in [-0.2, 0) is 4.74 Å². The molecule has 1 aliphatic rings. The van der Waals surface area contributed by atoms with Crippen molar-refractivity contribution >= 4 is 17.4 Å². The second-order valence-electron chi connectivity index (χ2n) is 7.90. The van der Waals surface area contributed by atoms with Crippen LogP contribution in [0.25, 0.3) is 5.65 Å². The van der Waals surface area contributed by atoms with Gasteiger partial charge in [0.05, 0.1) is 5.69 Å². The summed E-state index contributed by atoms with van der Waals surface area (Å²) < 4.78 is 7.34. The molecule has 7 heteroatoms.